The Labute approximate surface area is 120 Å². The van der Waals surface area contributed by atoms with E-state index in [1.54, 1.807) is 16.7 Å². The van der Waals surface area contributed by atoms with Gasteiger partial charge < -0.3 is 4.74 Å². The molecule has 2 heterocycles. The van der Waals surface area contributed by atoms with Gasteiger partial charge in [-0.3, -0.25) is 4.40 Å². The minimum Gasteiger partial charge on any atom is -0.496 e. The number of benzene rings is 1. The number of primary sulfonamides is 1. The van der Waals surface area contributed by atoms with Gasteiger partial charge in [-0.2, -0.15) is 5.10 Å². The van der Waals surface area contributed by atoms with Gasteiger partial charge in [-0.15, -0.1) is 5.10 Å². The molecular weight excluding hydrogens is 294 g/mol. The maximum absolute atomic E-state index is 11.4. The molecule has 21 heavy (non-hydrogen) atoms. The van der Waals surface area contributed by atoms with Gasteiger partial charge in [0.05, 0.1) is 23.9 Å². The third-order valence-corrected chi connectivity index (χ3v) is 3.87. The largest absolute Gasteiger partial charge is 0.496 e. The predicted molar refractivity (Wildman–Crippen MR) is 74.1 cm³/mol. The molecule has 0 atom stereocenters. The van der Waals surface area contributed by atoms with Crippen LogP contribution in [-0.2, 0) is 10.0 Å². The Morgan fingerprint density at radius 2 is 2.10 bits per heavy atom. The van der Waals surface area contributed by atoms with Gasteiger partial charge in [0, 0.05) is 17.8 Å². The number of imidazole rings is 1. The summed E-state index contributed by atoms with van der Waals surface area (Å²) in [6, 6.07) is 4.38. The Balaban J connectivity index is 2.17. The Morgan fingerprint density at radius 1 is 1.29 bits per heavy atom. The zero-order chi connectivity index (χ0) is 15.0. The van der Waals surface area contributed by atoms with Crippen LogP contribution < -0.4 is 9.88 Å². The highest BCUT2D eigenvalue weighted by atomic mass is 32.2. The van der Waals surface area contributed by atoms with E-state index in [9.17, 15) is 8.42 Å². The van der Waals surface area contributed by atoms with Crippen LogP contribution >= 0.6 is 0 Å². The van der Waals surface area contributed by atoms with Crippen LogP contribution in [0.4, 0.5) is 0 Å². The number of rotatable bonds is 3. The Bertz CT molecular complexity index is 887. The number of hydrogen-bond acceptors (Lipinski definition) is 6. The second-order valence-electron chi connectivity index (χ2n) is 4.27. The van der Waals surface area contributed by atoms with Crippen molar-refractivity contribution in [2.45, 2.75) is 4.90 Å². The quantitative estimate of drug-likeness (QED) is 0.751. The summed E-state index contributed by atoms with van der Waals surface area (Å²) >= 11 is 0. The molecule has 1 aromatic carbocycles. The first-order valence-corrected chi connectivity index (χ1v) is 7.40. The van der Waals surface area contributed by atoms with Gasteiger partial charge in [-0.1, -0.05) is 0 Å². The summed E-state index contributed by atoms with van der Waals surface area (Å²) in [6.07, 6.45) is 4.80. The van der Waals surface area contributed by atoms with Gasteiger partial charge in [-0.25, -0.2) is 18.5 Å². The first kappa shape index (κ1) is 13.5. The molecule has 0 bridgehead atoms. The third-order valence-electron chi connectivity index (χ3n) is 2.95. The smallest absolute Gasteiger partial charge is 0.238 e. The van der Waals surface area contributed by atoms with E-state index in [2.05, 4.69) is 15.2 Å². The van der Waals surface area contributed by atoms with E-state index in [0.717, 1.165) is 0 Å². The molecule has 0 aliphatic rings. The van der Waals surface area contributed by atoms with Gasteiger partial charge >= 0.3 is 0 Å². The average Bonchev–Trinajstić information content (AvgIpc) is 2.89. The lowest BCUT2D eigenvalue weighted by atomic mass is 10.1. The molecule has 0 unspecified atom stereocenters. The maximum atomic E-state index is 11.4. The molecule has 3 rings (SSSR count). The van der Waals surface area contributed by atoms with Crippen LogP contribution in [0.25, 0.3) is 16.9 Å². The van der Waals surface area contributed by atoms with E-state index < -0.39 is 10.0 Å². The molecule has 0 saturated heterocycles. The van der Waals surface area contributed by atoms with Gasteiger partial charge in [0.1, 0.15) is 12.1 Å². The van der Waals surface area contributed by atoms with Gasteiger partial charge in [0.15, 0.2) is 5.65 Å². The van der Waals surface area contributed by atoms with Crippen molar-refractivity contribution in [3.8, 4) is 17.0 Å². The lowest BCUT2D eigenvalue weighted by Gasteiger charge is -2.07. The van der Waals surface area contributed by atoms with Gasteiger partial charge in [0.2, 0.25) is 10.0 Å². The van der Waals surface area contributed by atoms with E-state index >= 15 is 0 Å². The molecule has 0 aliphatic carbocycles. The minimum atomic E-state index is -3.78. The van der Waals surface area contributed by atoms with Gasteiger partial charge in [0.25, 0.3) is 0 Å². The fourth-order valence-corrected chi connectivity index (χ4v) is 2.49. The molecule has 0 fully saturated rings. The first-order chi connectivity index (χ1) is 9.99. The lowest BCUT2D eigenvalue weighted by Crippen LogP contribution is -2.12. The number of fused-ring (bicyclic) bond motifs is 1. The van der Waals surface area contributed by atoms with E-state index in [4.69, 9.17) is 9.88 Å². The molecule has 108 valence electrons. The molecule has 0 spiro atoms. The number of ether oxygens (including phenoxy) is 1. The summed E-state index contributed by atoms with van der Waals surface area (Å²) in [5.41, 5.74) is 1.88. The Hall–Kier alpha value is -2.52. The number of aromatic nitrogens is 4. The van der Waals surface area contributed by atoms with E-state index in [0.29, 0.717) is 22.7 Å². The van der Waals surface area contributed by atoms with Gasteiger partial charge in [-0.05, 0) is 12.1 Å². The summed E-state index contributed by atoms with van der Waals surface area (Å²) in [5.74, 6) is 0.367. The molecule has 8 nitrogen and oxygen atoms in total. The highest BCUT2D eigenvalue weighted by Crippen LogP contribution is 2.31. The van der Waals surface area contributed by atoms with Crippen LogP contribution in [0.2, 0.25) is 0 Å². The van der Waals surface area contributed by atoms with Crippen molar-refractivity contribution in [3.05, 3.63) is 36.9 Å². The van der Waals surface area contributed by atoms with Crippen molar-refractivity contribution in [1.82, 2.24) is 19.6 Å². The molecule has 0 amide bonds. The van der Waals surface area contributed by atoms with Crippen molar-refractivity contribution in [3.63, 3.8) is 0 Å². The van der Waals surface area contributed by atoms with Crippen molar-refractivity contribution in [2.75, 3.05) is 7.11 Å². The standard InChI is InChI=1S/C12H11N5O3S/c1-20-11-4-8(21(13,18)19)2-3-9(11)10-6-17-7-15-14-5-12(17)16-10/h2-7H,1H3,(H2,13,18,19). The van der Waals surface area contributed by atoms with Crippen LogP contribution in [0.15, 0.2) is 41.8 Å². The van der Waals surface area contributed by atoms with Crippen LogP contribution in [0.1, 0.15) is 0 Å². The minimum absolute atomic E-state index is 0.0183. The van der Waals surface area contributed by atoms with E-state index in [1.807, 2.05) is 0 Å². The number of methoxy groups -OCH3 is 1. The van der Waals surface area contributed by atoms with Crippen molar-refractivity contribution < 1.29 is 13.2 Å². The lowest BCUT2D eigenvalue weighted by molar-refractivity contribution is 0.415. The maximum Gasteiger partial charge on any atom is 0.238 e. The summed E-state index contributed by atoms with van der Waals surface area (Å²) in [4.78, 5) is 4.36. The molecule has 3 aromatic rings. The molecule has 0 saturated carbocycles. The Morgan fingerprint density at radius 3 is 2.76 bits per heavy atom. The predicted octanol–water partition coefficient (Wildman–Crippen LogP) is 0.447. The first-order valence-electron chi connectivity index (χ1n) is 5.85. The van der Waals surface area contributed by atoms with Crippen molar-refractivity contribution in [1.29, 1.82) is 0 Å². The number of nitrogens with two attached hydrogens (primary N) is 1. The van der Waals surface area contributed by atoms with Crippen molar-refractivity contribution >= 4 is 15.7 Å². The zero-order valence-electron chi connectivity index (χ0n) is 11.0. The fourth-order valence-electron chi connectivity index (χ4n) is 1.96. The topological polar surface area (TPSA) is 112 Å². The molecular formula is C12H11N5O3S. The zero-order valence-corrected chi connectivity index (χ0v) is 11.8. The number of hydrogen-bond donors (Lipinski definition) is 1. The van der Waals surface area contributed by atoms with Crippen molar-refractivity contribution in [2.24, 2.45) is 5.14 Å². The number of sulfonamides is 1. The highest BCUT2D eigenvalue weighted by molar-refractivity contribution is 7.89. The van der Waals surface area contributed by atoms with Crippen LogP contribution in [-0.4, -0.2) is 35.1 Å². The third kappa shape index (κ3) is 2.43. The molecule has 9 heteroatoms. The van der Waals surface area contributed by atoms with E-state index in [1.165, 1.54) is 31.8 Å². The summed E-state index contributed by atoms with van der Waals surface area (Å²) in [6.45, 7) is 0. The highest BCUT2D eigenvalue weighted by Gasteiger charge is 2.15. The van der Waals surface area contributed by atoms with Crippen LogP contribution in [0.5, 0.6) is 5.75 Å². The SMILES string of the molecule is COc1cc(S(N)(=O)=O)ccc1-c1cn2cnncc2n1. The van der Waals surface area contributed by atoms with E-state index in [-0.39, 0.29) is 4.90 Å². The molecule has 0 aliphatic heterocycles. The second kappa shape index (κ2) is 4.79. The molecule has 0 radical (unpaired) electrons. The summed E-state index contributed by atoms with van der Waals surface area (Å²) < 4.78 is 29.7. The van der Waals surface area contributed by atoms with Crippen LogP contribution in [0, 0.1) is 0 Å². The molecule has 2 N–H and O–H groups in total. The van der Waals surface area contributed by atoms with Crippen LogP contribution in [0.3, 0.4) is 0 Å². The average molecular weight is 305 g/mol. The molecule has 2 aromatic heterocycles. The monoisotopic (exact) mass is 305 g/mol. The second-order valence-corrected chi connectivity index (χ2v) is 5.84. The normalized spacial score (nSPS) is 11.7. The number of nitrogens with zero attached hydrogens (tertiary/aromatic N) is 4. The fraction of sp³-hybridized carbons (Fsp3) is 0.0833. The Kier molecular flexibility index (Phi) is 3.07. The summed E-state index contributed by atoms with van der Waals surface area (Å²) in [7, 11) is -2.34. The summed E-state index contributed by atoms with van der Waals surface area (Å²) in [5, 5.41) is 12.6.